The van der Waals surface area contributed by atoms with Gasteiger partial charge in [-0.15, -0.1) is 0 Å². The fraction of sp³-hybridized carbons (Fsp3) is 0.333. The van der Waals surface area contributed by atoms with Crippen molar-refractivity contribution in [1.29, 1.82) is 0 Å². The van der Waals surface area contributed by atoms with Gasteiger partial charge in [-0.25, -0.2) is 4.79 Å². The SMILES string of the molecule is Cc1cc(C(=O)COC(=O)c2cccc([N+](=O)[O-])c2)c(C)n1C1CC1. The number of ketones is 1. The van der Waals surface area contributed by atoms with Gasteiger partial charge in [0.2, 0.25) is 5.78 Å². The van der Waals surface area contributed by atoms with Crippen LogP contribution in [0.5, 0.6) is 0 Å². The molecule has 0 unspecified atom stereocenters. The fourth-order valence-electron chi connectivity index (χ4n) is 2.99. The van der Waals surface area contributed by atoms with Gasteiger partial charge in [-0.1, -0.05) is 6.07 Å². The Kier molecular flexibility index (Phi) is 4.39. The number of carbonyl (C=O) groups is 2. The molecule has 0 radical (unpaired) electrons. The molecule has 25 heavy (non-hydrogen) atoms. The van der Waals surface area contributed by atoms with Gasteiger partial charge < -0.3 is 9.30 Å². The van der Waals surface area contributed by atoms with Gasteiger partial charge in [-0.2, -0.15) is 0 Å². The third-order valence-corrected chi connectivity index (χ3v) is 4.32. The van der Waals surface area contributed by atoms with E-state index >= 15 is 0 Å². The third kappa shape index (κ3) is 3.45. The van der Waals surface area contributed by atoms with Crippen LogP contribution in [-0.4, -0.2) is 27.8 Å². The Labute approximate surface area is 144 Å². The number of rotatable bonds is 6. The lowest BCUT2D eigenvalue weighted by molar-refractivity contribution is -0.384. The number of hydrogen-bond donors (Lipinski definition) is 0. The molecule has 7 nitrogen and oxygen atoms in total. The van der Waals surface area contributed by atoms with Gasteiger partial charge in [-0.3, -0.25) is 14.9 Å². The van der Waals surface area contributed by atoms with Crippen LogP contribution in [0, 0.1) is 24.0 Å². The van der Waals surface area contributed by atoms with Crippen molar-refractivity contribution in [3.8, 4) is 0 Å². The highest BCUT2D eigenvalue weighted by atomic mass is 16.6. The zero-order chi connectivity index (χ0) is 18.1. The van der Waals surface area contributed by atoms with Gasteiger partial charge >= 0.3 is 5.97 Å². The van der Waals surface area contributed by atoms with Crippen LogP contribution in [0.4, 0.5) is 5.69 Å². The molecule has 1 fully saturated rings. The number of nitrogens with zero attached hydrogens (tertiary/aromatic N) is 2. The maximum atomic E-state index is 12.4. The van der Waals surface area contributed by atoms with E-state index in [0.717, 1.165) is 30.3 Å². The quantitative estimate of drug-likeness (QED) is 0.347. The Bertz CT molecular complexity index is 864. The van der Waals surface area contributed by atoms with Crippen molar-refractivity contribution in [3.05, 3.63) is 63.0 Å². The Hall–Kier alpha value is -2.96. The molecule has 1 aliphatic carbocycles. The number of hydrogen-bond acceptors (Lipinski definition) is 5. The molecular weight excluding hydrogens is 324 g/mol. The predicted molar refractivity (Wildman–Crippen MR) is 89.9 cm³/mol. The average Bonchev–Trinajstić information content (AvgIpc) is 3.37. The Morgan fingerprint density at radius 3 is 2.64 bits per heavy atom. The predicted octanol–water partition coefficient (Wildman–Crippen LogP) is 3.39. The van der Waals surface area contributed by atoms with E-state index in [1.807, 2.05) is 19.9 Å². The third-order valence-electron chi connectivity index (χ3n) is 4.32. The second-order valence-electron chi connectivity index (χ2n) is 6.19. The standard InChI is InChI=1S/C18H18N2O5/c1-11-8-16(12(2)19(11)14-6-7-14)17(21)10-25-18(22)13-4-3-5-15(9-13)20(23)24/h3-5,8-9,14H,6-7,10H2,1-2H3. The van der Waals surface area contributed by atoms with Gasteiger partial charge in [0.1, 0.15) is 0 Å². The van der Waals surface area contributed by atoms with Gasteiger partial charge in [0.15, 0.2) is 6.61 Å². The number of aryl methyl sites for hydroxylation is 1. The molecule has 1 aromatic heterocycles. The van der Waals surface area contributed by atoms with E-state index in [-0.39, 0.29) is 17.0 Å². The number of benzene rings is 1. The van der Waals surface area contributed by atoms with Crippen LogP contribution >= 0.6 is 0 Å². The molecule has 0 aliphatic heterocycles. The highest BCUT2D eigenvalue weighted by Gasteiger charge is 2.28. The summed E-state index contributed by atoms with van der Waals surface area (Å²) in [5.41, 5.74) is 2.31. The summed E-state index contributed by atoms with van der Waals surface area (Å²) in [6, 6.07) is 7.52. The second-order valence-corrected chi connectivity index (χ2v) is 6.19. The lowest BCUT2D eigenvalue weighted by atomic mass is 10.1. The summed E-state index contributed by atoms with van der Waals surface area (Å²) in [6.45, 7) is 3.45. The molecule has 1 aromatic carbocycles. The van der Waals surface area contributed by atoms with Crippen LogP contribution in [0.3, 0.4) is 0 Å². The van der Waals surface area contributed by atoms with Crippen LogP contribution < -0.4 is 0 Å². The van der Waals surface area contributed by atoms with Crippen molar-refractivity contribution in [2.75, 3.05) is 6.61 Å². The van der Waals surface area contributed by atoms with Crippen LogP contribution in [-0.2, 0) is 4.74 Å². The monoisotopic (exact) mass is 342 g/mol. The molecule has 0 saturated heterocycles. The van der Waals surface area contributed by atoms with Gasteiger partial charge in [0.25, 0.3) is 5.69 Å². The maximum absolute atomic E-state index is 12.4. The van der Waals surface area contributed by atoms with E-state index in [4.69, 9.17) is 4.74 Å². The molecule has 7 heteroatoms. The molecule has 0 spiro atoms. The second kappa shape index (κ2) is 6.51. The maximum Gasteiger partial charge on any atom is 0.338 e. The number of esters is 1. The summed E-state index contributed by atoms with van der Waals surface area (Å²) < 4.78 is 7.19. The number of Topliss-reactive ketones (excluding diaryl/α,β-unsaturated/α-hetero) is 1. The molecule has 0 atom stereocenters. The van der Waals surface area contributed by atoms with Crippen LogP contribution in [0.25, 0.3) is 0 Å². The molecule has 0 bridgehead atoms. The van der Waals surface area contributed by atoms with Crippen molar-refractivity contribution >= 4 is 17.4 Å². The van der Waals surface area contributed by atoms with Crippen molar-refractivity contribution in [2.24, 2.45) is 0 Å². The van der Waals surface area contributed by atoms with E-state index in [9.17, 15) is 19.7 Å². The van der Waals surface area contributed by atoms with E-state index in [1.54, 1.807) is 0 Å². The van der Waals surface area contributed by atoms with Crippen LogP contribution in [0.15, 0.2) is 30.3 Å². The largest absolute Gasteiger partial charge is 0.454 e. The van der Waals surface area contributed by atoms with E-state index in [1.165, 1.54) is 18.2 Å². The fourth-order valence-corrected chi connectivity index (χ4v) is 2.99. The summed E-state index contributed by atoms with van der Waals surface area (Å²) in [7, 11) is 0. The van der Waals surface area contributed by atoms with E-state index in [2.05, 4.69) is 4.57 Å². The minimum absolute atomic E-state index is 0.0467. The molecule has 1 saturated carbocycles. The molecule has 0 N–H and O–H groups in total. The first-order chi connectivity index (χ1) is 11.9. The molecular formula is C18H18N2O5. The number of aromatic nitrogens is 1. The Morgan fingerprint density at radius 1 is 1.28 bits per heavy atom. The average molecular weight is 342 g/mol. The van der Waals surface area contributed by atoms with Crippen molar-refractivity contribution < 1.29 is 19.2 Å². The number of nitro benzene ring substituents is 1. The number of nitro groups is 1. The molecule has 3 rings (SSSR count). The normalized spacial score (nSPS) is 13.5. The highest BCUT2D eigenvalue weighted by molar-refractivity contribution is 6.00. The molecule has 0 amide bonds. The Balaban J connectivity index is 1.68. The van der Waals surface area contributed by atoms with Crippen molar-refractivity contribution in [1.82, 2.24) is 4.57 Å². The summed E-state index contributed by atoms with van der Waals surface area (Å²) in [4.78, 5) is 34.6. The topological polar surface area (TPSA) is 91.4 Å². The molecule has 130 valence electrons. The number of carbonyl (C=O) groups excluding carboxylic acids is 2. The van der Waals surface area contributed by atoms with Crippen molar-refractivity contribution in [3.63, 3.8) is 0 Å². The van der Waals surface area contributed by atoms with Crippen LogP contribution in [0.1, 0.15) is 51.0 Å². The lowest BCUT2D eigenvalue weighted by Crippen LogP contribution is -2.15. The number of non-ortho nitro benzene ring substituents is 1. The molecule has 2 aromatic rings. The summed E-state index contributed by atoms with van der Waals surface area (Å²) in [5.74, 6) is -1.04. The summed E-state index contributed by atoms with van der Waals surface area (Å²) in [5, 5.41) is 10.8. The first kappa shape index (κ1) is 16.9. The smallest absolute Gasteiger partial charge is 0.338 e. The van der Waals surface area contributed by atoms with E-state index in [0.29, 0.717) is 11.6 Å². The molecule has 1 aliphatic rings. The first-order valence-electron chi connectivity index (χ1n) is 8.01. The number of ether oxygens (including phenoxy) is 1. The van der Waals surface area contributed by atoms with Crippen LogP contribution in [0.2, 0.25) is 0 Å². The van der Waals surface area contributed by atoms with Gasteiger partial charge in [-0.05, 0) is 38.8 Å². The van der Waals surface area contributed by atoms with Crippen molar-refractivity contribution in [2.45, 2.75) is 32.7 Å². The summed E-state index contributed by atoms with van der Waals surface area (Å²) >= 11 is 0. The van der Waals surface area contributed by atoms with Gasteiger partial charge in [0, 0.05) is 35.1 Å². The lowest BCUT2D eigenvalue weighted by Gasteiger charge is -2.08. The minimum atomic E-state index is -0.756. The zero-order valence-corrected chi connectivity index (χ0v) is 14.0. The minimum Gasteiger partial charge on any atom is -0.454 e. The highest BCUT2D eigenvalue weighted by Crippen LogP contribution is 2.38. The van der Waals surface area contributed by atoms with E-state index < -0.39 is 17.5 Å². The summed E-state index contributed by atoms with van der Waals surface area (Å²) in [6.07, 6.45) is 2.23. The Morgan fingerprint density at radius 2 is 2.00 bits per heavy atom. The molecule has 1 heterocycles. The zero-order valence-electron chi connectivity index (χ0n) is 14.0. The van der Waals surface area contributed by atoms with Gasteiger partial charge in [0.05, 0.1) is 10.5 Å². The first-order valence-corrected chi connectivity index (χ1v) is 8.01.